The number of rotatable bonds is 5. The SMILES string of the molecule is CCC1CN(Cc2ccc(COC)o2)Cc2ccc(Cl)cc2O1. The van der Waals surface area contributed by atoms with Gasteiger partial charge in [0.05, 0.1) is 6.54 Å². The predicted octanol–water partition coefficient (Wildman–Crippen LogP) is 4.25. The van der Waals surface area contributed by atoms with Crippen LogP contribution in [0.1, 0.15) is 30.4 Å². The fourth-order valence-electron chi connectivity index (χ4n) is 2.86. The van der Waals surface area contributed by atoms with Crippen LogP contribution in [0.5, 0.6) is 5.75 Å². The fraction of sp³-hybridized carbons (Fsp3) is 0.444. The summed E-state index contributed by atoms with van der Waals surface area (Å²) in [5, 5.41) is 0.710. The second-order valence-electron chi connectivity index (χ2n) is 5.87. The summed E-state index contributed by atoms with van der Waals surface area (Å²) in [6, 6.07) is 9.85. The molecule has 1 atom stereocenters. The monoisotopic (exact) mass is 335 g/mol. The van der Waals surface area contributed by atoms with Crippen molar-refractivity contribution in [3.05, 3.63) is 52.4 Å². The zero-order valence-electron chi connectivity index (χ0n) is 13.5. The minimum atomic E-state index is 0.156. The molecule has 0 saturated carbocycles. The van der Waals surface area contributed by atoms with Crippen LogP contribution in [0, 0.1) is 0 Å². The molecule has 3 rings (SSSR count). The third-order valence-corrected chi connectivity index (χ3v) is 4.25. The van der Waals surface area contributed by atoms with Crippen molar-refractivity contribution in [3.8, 4) is 5.75 Å². The maximum atomic E-state index is 6.12. The fourth-order valence-corrected chi connectivity index (χ4v) is 3.02. The number of halogens is 1. The summed E-state index contributed by atoms with van der Waals surface area (Å²) in [5.41, 5.74) is 1.16. The smallest absolute Gasteiger partial charge is 0.129 e. The van der Waals surface area contributed by atoms with Crippen LogP contribution in [-0.4, -0.2) is 24.7 Å². The number of benzene rings is 1. The number of furan rings is 1. The van der Waals surface area contributed by atoms with Crippen molar-refractivity contribution in [1.82, 2.24) is 4.90 Å². The standard InChI is InChI=1S/C18H22ClNO3/c1-3-15-10-20(11-16-6-7-17(22-16)12-21-2)9-13-4-5-14(19)8-18(13)23-15/h4-8,15H,3,9-12H2,1-2H3. The van der Waals surface area contributed by atoms with Crippen LogP contribution in [0.25, 0.3) is 0 Å². The van der Waals surface area contributed by atoms with Gasteiger partial charge in [0.15, 0.2) is 0 Å². The molecule has 4 nitrogen and oxygen atoms in total. The first kappa shape index (κ1) is 16.4. The van der Waals surface area contributed by atoms with Gasteiger partial charge >= 0.3 is 0 Å². The first-order valence-electron chi connectivity index (χ1n) is 7.92. The van der Waals surface area contributed by atoms with E-state index in [4.69, 9.17) is 25.5 Å². The Morgan fingerprint density at radius 2 is 2.09 bits per heavy atom. The number of fused-ring (bicyclic) bond motifs is 1. The summed E-state index contributed by atoms with van der Waals surface area (Å²) in [6.07, 6.45) is 1.11. The Kier molecular flexibility index (Phi) is 5.26. The molecule has 1 aliphatic rings. The van der Waals surface area contributed by atoms with Gasteiger partial charge in [0.25, 0.3) is 0 Å². The lowest BCUT2D eigenvalue weighted by Gasteiger charge is -2.22. The quantitative estimate of drug-likeness (QED) is 0.818. The van der Waals surface area contributed by atoms with E-state index in [0.717, 1.165) is 48.9 Å². The summed E-state index contributed by atoms with van der Waals surface area (Å²) < 4.78 is 17.0. The third-order valence-electron chi connectivity index (χ3n) is 4.02. The molecule has 2 aromatic rings. The highest BCUT2D eigenvalue weighted by Gasteiger charge is 2.23. The van der Waals surface area contributed by atoms with E-state index in [2.05, 4.69) is 11.8 Å². The molecule has 0 spiro atoms. The first-order valence-corrected chi connectivity index (χ1v) is 8.29. The summed E-state index contributed by atoms with van der Waals surface area (Å²) in [7, 11) is 1.67. The van der Waals surface area contributed by atoms with Gasteiger partial charge in [0, 0.05) is 30.8 Å². The number of ether oxygens (including phenoxy) is 2. The lowest BCUT2D eigenvalue weighted by Crippen LogP contribution is -2.31. The highest BCUT2D eigenvalue weighted by molar-refractivity contribution is 6.30. The van der Waals surface area contributed by atoms with Crippen molar-refractivity contribution in [3.63, 3.8) is 0 Å². The van der Waals surface area contributed by atoms with Crippen molar-refractivity contribution in [2.45, 2.75) is 39.1 Å². The van der Waals surface area contributed by atoms with Gasteiger partial charge in [0.1, 0.15) is 30.0 Å². The molecule has 0 N–H and O–H groups in total. The van der Waals surface area contributed by atoms with Crippen LogP contribution in [-0.2, 0) is 24.4 Å². The van der Waals surface area contributed by atoms with Crippen molar-refractivity contribution in [1.29, 1.82) is 0 Å². The van der Waals surface area contributed by atoms with Gasteiger partial charge in [0.2, 0.25) is 0 Å². The van der Waals surface area contributed by atoms with Crippen LogP contribution in [0.2, 0.25) is 5.02 Å². The van der Waals surface area contributed by atoms with Gasteiger partial charge in [-0.3, -0.25) is 4.90 Å². The summed E-state index contributed by atoms with van der Waals surface area (Å²) in [6.45, 7) is 5.09. The molecule has 0 fully saturated rings. The van der Waals surface area contributed by atoms with E-state index in [1.165, 1.54) is 0 Å². The number of methoxy groups -OCH3 is 1. The molecule has 0 saturated heterocycles. The molecule has 2 heterocycles. The van der Waals surface area contributed by atoms with E-state index in [-0.39, 0.29) is 6.10 Å². The Bertz CT molecular complexity index is 655. The molecule has 0 amide bonds. The number of hydrogen-bond donors (Lipinski definition) is 0. The van der Waals surface area contributed by atoms with E-state index in [1.54, 1.807) is 7.11 Å². The summed E-state index contributed by atoms with van der Waals surface area (Å²) in [5.74, 6) is 2.70. The van der Waals surface area contributed by atoms with Crippen LogP contribution >= 0.6 is 11.6 Å². The molecule has 1 aromatic carbocycles. The molecule has 23 heavy (non-hydrogen) atoms. The van der Waals surface area contributed by atoms with Crippen LogP contribution in [0.3, 0.4) is 0 Å². The molecule has 0 aliphatic carbocycles. The van der Waals surface area contributed by atoms with E-state index >= 15 is 0 Å². The largest absolute Gasteiger partial charge is 0.489 e. The molecule has 0 bridgehead atoms. The molecule has 1 aliphatic heterocycles. The van der Waals surface area contributed by atoms with E-state index in [1.807, 2.05) is 30.3 Å². The van der Waals surface area contributed by atoms with Crippen molar-refractivity contribution >= 4 is 11.6 Å². The van der Waals surface area contributed by atoms with Crippen LogP contribution in [0.4, 0.5) is 0 Å². The van der Waals surface area contributed by atoms with Crippen molar-refractivity contribution < 1.29 is 13.9 Å². The second-order valence-corrected chi connectivity index (χ2v) is 6.31. The lowest BCUT2D eigenvalue weighted by molar-refractivity contribution is 0.130. The van der Waals surface area contributed by atoms with Crippen molar-refractivity contribution in [2.24, 2.45) is 0 Å². The Labute approximate surface area is 141 Å². The molecule has 1 aromatic heterocycles. The zero-order valence-corrected chi connectivity index (χ0v) is 14.3. The predicted molar refractivity (Wildman–Crippen MR) is 89.7 cm³/mol. The van der Waals surface area contributed by atoms with Gasteiger partial charge < -0.3 is 13.9 Å². The van der Waals surface area contributed by atoms with Crippen molar-refractivity contribution in [2.75, 3.05) is 13.7 Å². The van der Waals surface area contributed by atoms with Gasteiger partial charge in [-0.25, -0.2) is 0 Å². The van der Waals surface area contributed by atoms with Crippen LogP contribution in [0.15, 0.2) is 34.7 Å². The maximum absolute atomic E-state index is 6.12. The topological polar surface area (TPSA) is 34.8 Å². The Balaban J connectivity index is 1.77. The second kappa shape index (κ2) is 7.39. The van der Waals surface area contributed by atoms with Gasteiger partial charge in [-0.05, 0) is 30.7 Å². The van der Waals surface area contributed by atoms with Gasteiger partial charge in [-0.2, -0.15) is 0 Å². The minimum Gasteiger partial charge on any atom is -0.489 e. The Morgan fingerprint density at radius 1 is 1.26 bits per heavy atom. The average Bonchev–Trinajstić information content (AvgIpc) is 2.88. The average molecular weight is 336 g/mol. The summed E-state index contributed by atoms with van der Waals surface area (Å²) in [4.78, 5) is 2.35. The normalized spacial score (nSPS) is 18.3. The van der Waals surface area contributed by atoms with E-state index < -0.39 is 0 Å². The molecule has 124 valence electrons. The minimum absolute atomic E-state index is 0.156. The highest BCUT2D eigenvalue weighted by atomic mass is 35.5. The summed E-state index contributed by atoms with van der Waals surface area (Å²) >= 11 is 6.10. The van der Waals surface area contributed by atoms with Crippen LogP contribution < -0.4 is 4.74 Å². The molecule has 0 radical (unpaired) electrons. The van der Waals surface area contributed by atoms with E-state index in [0.29, 0.717) is 11.6 Å². The van der Waals surface area contributed by atoms with Gasteiger partial charge in [-0.15, -0.1) is 0 Å². The molecular weight excluding hydrogens is 314 g/mol. The number of hydrogen-bond acceptors (Lipinski definition) is 4. The zero-order chi connectivity index (χ0) is 16.2. The third kappa shape index (κ3) is 4.08. The molecule has 5 heteroatoms. The molecular formula is C18H22ClNO3. The Hall–Kier alpha value is -1.49. The molecule has 1 unspecified atom stereocenters. The number of nitrogens with zero attached hydrogens (tertiary/aromatic N) is 1. The highest BCUT2D eigenvalue weighted by Crippen LogP contribution is 2.29. The van der Waals surface area contributed by atoms with E-state index in [9.17, 15) is 0 Å². The first-order chi connectivity index (χ1) is 11.2. The Morgan fingerprint density at radius 3 is 2.87 bits per heavy atom. The lowest BCUT2D eigenvalue weighted by atomic mass is 10.2. The maximum Gasteiger partial charge on any atom is 0.129 e. The van der Waals surface area contributed by atoms with Gasteiger partial charge in [-0.1, -0.05) is 24.6 Å².